The van der Waals surface area contributed by atoms with Crippen LogP contribution in [-0.2, 0) is 0 Å². The van der Waals surface area contributed by atoms with Gasteiger partial charge in [-0.25, -0.2) is 9.37 Å². The Labute approximate surface area is 188 Å². The summed E-state index contributed by atoms with van der Waals surface area (Å²) in [5.41, 5.74) is 8.72. The van der Waals surface area contributed by atoms with Crippen molar-refractivity contribution in [1.82, 2.24) is 19.6 Å². The number of rotatable bonds is 4. The van der Waals surface area contributed by atoms with Gasteiger partial charge in [0.15, 0.2) is 11.4 Å². The first kappa shape index (κ1) is 21.4. The summed E-state index contributed by atoms with van der Waals surface area (Å²) < 4.78 is 15.2. The van der Waals surface area contributed by atoms with Gasteiger partial charge in [-0.1, -0.05) is 0 Å². The molecule has 1 fully saturated rings. The number of aliphatic hydroxyl groups is 2. The van der Waals surface area contributed by atoms with Gasteiger partial charge in [0.2, 0.25) is 0 Å². The van der Waals surface area contributed by atoms with Gasteiger partial charge in [0.05, 0.1) is 35.2 Å². The summed E-state index contributed by atoms with van der Waals surface area (Å²) in [5, 5.41) is 24.9. The predicted molar refractivity (Wildman–Crippen MR) is 121 cm³/mol. The van der Waals surface area contributed by atoms with Crippen LogP contribution >= 0.6 is 0 Å². The van der Waals surface area contributed by atoms with E-state index in [2.05, 4.69) is 10.1 Å². The highest BCUT2D eigenvalue weighted by Gasteiger charge is 2.36. The Morgan fingerprint density at radius 2 is 2.03 bits per heavy atom. The molecule has 3 aromatic heterocycles. The summed E-state index contributed by atoms with van der Waals surface area (Å²) in [4.78, 5) is 21.8. The van der Waals surface area contributed by atoms with E-state index >= 15 is 0 Å². The van der Waals surface area contributed by atoms with E-state index in [-0.39, 0.29) is 29.9 Å². The van der Waals surface area contributed by atoms with Crippen molar-refractivity contribution in [2.45, 2.75) is 44.1 Å². The number of benzene rings is 1. The van der Waals surface area contributed by atoms with Crippen LogP contribution in [0, 0.1) is 5.82 Å². The second kappa shape index (κ2) is 7.86. The molecule has 4 aromatic rings. The Balaban J connectivity index is 1.65. The lowest BCUT2D eigenvalue weighted by molar-refractivity contribution is -0.0458. The Morgan fingerprint density at radius 1 is 1.27 bits per heavy atom. The van der Waals surface area contributed by atoms with Gasteiger partial charge in [-0.2, -0.15) is 9.61 Å². The quantitative estimate of drug-likeness (QED) is 0.408. The molecule has 0 amide bonds. The van der Waals surface area contributed by atoms with Crippen LogP contribution in [0.4, 0.5) is 10.2 Å². The molecule has 1 aliphatic rings. The van der Waals surface area contributed by atoms with E-state index in [1.54, 1.807) is 18.5 Å². The molecule has 4 N–H and O–H groups in total. The van der Waals surface area contributed by atoms with Crippen molar-refractivity contribution in [1.29, 1.82) is 0 Å². The number of ketones is 1. The minimum absolute atomic E-state index is 0.0883. The number of carbonyl (C=O) groups is 1. The number of nitrogen functional groups attached to an aromatic ring is 1. The second-order valence-corrected chi connectivity index (χ2v) is 8.82. The monoisotopic (exact) mass is 449 g/mol. The molecule has 0 radical (unpaired) electrons. The van der Waals surface area contributed by atoms with Crippen LogP contribution in [0.15, 0.2) is 36.7 Å². The highest BCUT2D eigenvalue weighted by atomic mass is 19.1. The smallest absolute Gasteiger partial charge is 0.165 e. The Morgan fingerprint density at radius 3 is 2.73 bits per heavy atom. The number of fused-ring (bicyclic) bond motifs is 2. The second-order valence-electron chi connectivity index (χ2n) is 8.82. The van der Waals surface area contributed by atoms with Crippen molar-refractivity contribution >= 4 is 28.2 Å². The lowest BCUT2D eigenvalue weighted by atomic mass is 9.77. The number of aliphatic hydroxyl groups excluding tert-OH is 1. The third kappa shape index (κ3) is 3.63. The Hall–Kier alpha value is -3.43. The van der Waals surface area contributed by atoms with Crippen molar-refractivity contribution in [3.8, 4) is 11.1 Å². The third-order valence-corrected chi connectivity index (χ3v) is 6.61. The molecule has 0 aliphatic heterocycles. The Bertz CT molecular complexity index is 1390. The lowest BCUT2D eigenvalue weighted by Gasteiger charge is -2.34. The third-order valence-electron chi connectivity index (χ3n) is 6.61. The fourth-order valence-corrected chi connectivity index (χ4v) is 4.73. The van der Waals surface area contributed by atoms with Crippen molar-refractivity contribution in [3.63, 3.8) is 0 Å². The standard InChI is InChI=1S/C24H24FN5O3/c1-13(32)20-21(14-4-6-24(33,12-31)7-5-14)29-23-18(11-28-30(23)22(20)26)16-8-15-9-17(25)2-3-19(15)27-10-16/h2-3,8-11,14,31,33H,4-7,12,26H2,1H3. The number of halogens is 1. The molecule has 0 bridgehead atoms. The van der Waals surface area contributed by atoms with E-state index in [0.29, 0.717) is 64.6 Å². The summed E-state index contributed by atoms with van der Waals surface area (Å²) in [6, 6.07) is 6.22. The van der Waals surface area contributed by atoms with E-state index in [9.17, 15) is 19.4 Å². The van der Waals surface area contributed by atoms with Gasteiger partial charge in [-0.3, -0.25) is 9.78 Å². The molecule has 8 nitrogen and oxygen atoms in total. The normalized spacial score (nSPS) is 21.0. The van der Waals surface area contributed by atoms with Crippen LogP contribution < -0.4 is 5.73 Å². The van der Waals surface area contributed by atoms with Gasteiger partial charge in [0.25, 0.3) is 0 Å². The van der Waals surface area contributed by atoms with Crippen LogP contribution in [-0.4, -0.2) is 47.8 Å². The van der Waals surface area contributed by atoms with Gasteiger partial charge >= 0.3 is 0 Å². The number of anilines is 1. The van der Waals surface area contributed by atoms with Crippen molar-refractivity contribution in [3.05, 3.63) is 53.7 Å². The maximum atomic E-state index is 13.7. The summed E-state index contributed by atoms with van der Waals surface area (Å²) >= 11 is 0. The first-order valence-corrected chi connectivity index (χ1v) is 10.9. The maximum Gasteiger partial charge on any atom is 0.165 e. The zero-order valence-electron chi connectivity index (χ0n) is 18.1. The molecule has 33 heavy (non-hydrogen) atoms. The van der Waals surface area contributed by atoms with E-state index < -0.39 is 5.60 Å². The minimum atomic E-state index is -1.10. The first-order valence-electron chi connectivity index (χ1n) is 10.9. The minimum Gasteiger partial charge on any atom is -0.393 e. The zero-order valence-corrected chi connectivity index (χ0v) is 18.1. The maximum absolute atomic E-state index is 13.7. The summed E-state index contributed by atoms with van der Waals surface area (Å²) in [7, 11) is 0. The molecule has 9 heteroatoms. The highest BCUT2D eigenvalue weighted by Crippen LogP contribution is 2.40. The van der Waals surface area contributed by atoms with Crippen molar-refractivity contribution in [2.75, 3.05) is 12.3 Å². The highest BCUT2D eigenvalue weighted by molar-refractivity contribution is 6.00. The molecule has 0 unspecified atom stereocenters. The number of carbonyl (C=O) groups excluding carboxylic acids is 1. The fourth-order valence-electron chi connectivity index (χ4n) is 4.73. The fraction of sp³-hybridized carbons (Fsp3) is 0.333. The molecule has 170 valence electrons. The van der Waals surface area contributed by atoms with E-state index in [1.807, 2.05) is 6.07 Å². The molecule has 1 aromatic carbocycles. The van der Waals surface area contributed by atoms with Crippen molar-refractivity contribution in [2.24, 2.45) is 0 Å². The molecule has 0 saturated heterocycles. The van der Waals surface area contributed by atoms with E-state index in [0.717, 1.165) is 0 Å². The van der Waals surface area contributed by atoms with Gasteiger partial charge in [-0.05, 0) is 56.9 Å². The molecule has 1 aliphatic carbocycles. The SMILES string of the molecule is CC(=O)c1c(C2CCC(O)(CO)CC2)nc2c(-c3cnc4ccc(F)cc4c3)cnn2c1N. The average Bonchev–Trinajstić information content (AvgIpc) is 3.23. The van der Waals surface area contributed by atoms with Gasteiger partial charge in [0.1, 0.15) is 11.6 Å². The number of nitrogens with two attached hydrogens (primary N) is 1. The van der Waals surface area contributed by atoms with Gasteiger partial charge < -0.3 is 15.9 Å². The summed E-state index contributed by atoms with van der Waals surface area (Å²) in [6.45, 7) is 1.15. The van der Waals surface area contributed by atoms with Gasteiger partial charge in [0, 0.05) is 28.6 Å². The lowest BCUT2D eigenvalue weighted by Crippen LogP contribution is -2.37. The molecule has 1 saturated carbocycles. The average molecular weight is 449 g/mol. The molecule has 3 heterocycles. The summed E-state index contributed by atoms with van der Waals surface area (Å²) in [6.07, 6.45) is 5.24. The number of pyridine rings is 1. The van der Waals surface area contributed by atoms with E-state index in [1.165, 1.54) is 23.6 Å². The number of hydrogen-bond acceptors (Lipinski definition) is 7. The van der Waals surface area contributed by atoms with Crippen LogP contribution in [0.2, 0.25) is 0 Å². The van der Waals surface area contributed by atoms with Crippen LogP contribution in [0.25, 0.3) is 27.7 Å². The van der Waals surface area contributed by atoms with Gasteiger partial charge in [-0.15, -0.1) is 0 Å². The molecular weight excluding hydrogens is 425 g/mol. The number of nitrogens with zero attached hydrogens (tertiary/aromatic N) is 4. The van der Waals surface area contributed by atoms with Crippen molar-refractivity contribution < 1.29 is 19.4 Å². The predicted octanol–water partition coefficient (Wildman–Crippen LogP) is 3.25. The van der Waals surface area contributed by atoms with Crippen LogP contribution in [0.1, 0.15) is 54.6 Å². The van der Waals surface area contributed by atoms with Crippen LogP contribution in [0.5, 0.6) is 0 Å². The zero-order chi connectivity index (χ0) is 23.3. The number of hydrogen-bond donors (Lipinski definition) is 3. The number of Topliss-reactive ketones (excluding diaryl/α,β-unsaturated/α-hetero) is 1. The van der Waals surface area contributed by atoms with E-state index in [4.69, 9.17) is 10.7 Å². The first-order chi connectivity index (χ1) is 15.8. The topological polar surface area (TPSA) is 127 Å². The number of aromatic nitrogens is 4. The molecule has 0 spiro atoms. The molecular formula is C24H24FN5O3. The summed E-state index contributed by atoms with van der Waals surface area (Å²) in [5.74, 6) is -0.442. The Kier molecular flexibility index (Phi) is 5.10. The van der Waals surface area contributed by atoms with Crippen LogP contribution in [0.3, 0.4) is 0 Å². The molecule has 5 rings (SSSR count). The largest absolute Gasteiger partial charge is 0.393 e. The molecule has 0 atom stereocenters.